The summed E-state index contributed by atoms with van der Waals surface area (Å²) in [5.74, 6) is 0. The van der Waals surface area contributed by atoms with E-state index in [0.717, 1.165) is 23.5 Å². The molecule has 84 valence electrons. The minimum atomic E-state index is 0.137. The maximum Gasteiger partial charge on any atom is 0.0632 e. The van der Waals surface area contributed by atoms with E-state index in [1.807, 2.05) is 26.0 Å². The van der Waals surface area contributed by atoms with Crippen LogP contribution >= 0.6 is 0 Å². The van der Waals surface area contributed by atoms with Gasteiger partial charge in [0.05, 0.1) is 6.61 Å². The maximum atomic E-state index is 9.16. The number of aliphatic hydroxyl groups is 1. The predicted molar refractivity (Wildman–Crippen MR) is 65.2 cm³/mol. The molecule has 1 rings (SSSR count). The number of aliphatic hydroxyl groups excluding tert-OH is 1. The molecule has 0 heterocycles. The molecule has 3 heteroatoms. The first-order chi connectivity index (χ1) is 7.10. The highest BCUT2D eigenvalue weighted by Gasteiger charge is 2.11. The third-order valence-electron chi connectivity index (χ3n) is 2.72. The summed E-state index contributed by atoms with van der Waals surface area (Å²) in [5, 5.41) is 9.16. The van der Waals surface area contributed by atoms with Crippen molar-refractivity contribution in [3.63, 3.8) is 0 Å². The van der Waals surface area contributed by atoms with Crippen molar-refractivity contribution in [2.45, 2.75) is 26.8 Å². The molecule has 0 aliphatic carbocycles. The summed E-state index contributed by atoms with van der Waals surface area (Å²) >= 11 is 0. The first-order valence-corrected chi connectivity index (χ1v) is 5.33. The van der Waals surface area contributed by atoms with Gasteiger partial charge in [-0.05, 0) is 44.5 Å². The van der Waals surface area contributed by atoms with Crippen molar-refractivity contribution in [1.82, 2.24) is 0 Å². The van der Waals surface area contributed by atoms with Gasteiger partial charge in [0.25, 0.3) is 0 Å². The van der Waals surface area contributed by atoms with Crippen LogP contribution in [0.1, 0.15) is 19.4 Å². The van der Waals surface area contributed by atoms with Crippen LogP contribution < -0.4 is 10.6 Å². The van der Waals surface area contributed by atoms with Crippen LogP contribution in [0.25, 0.3) is 0 Å². The summed E-state index contributed by atoms with van der Waals surface area (Å²) in [7, 11) is 0. The largest absolute Gasteiger partial charge is 0.399 e. The van der Waals surface area contributed by atoms with Gasteiger partial charge >= 0.3 is 0 Å². The first kappa shape index (κ1) is 11.9. The zero-order valence-electron chi connectivity index (χ0n) is 9.70. The molecule has 1 atom stereocenters. The molecule has 1 aromatic carbocycles. The van der Waals surface area contributed by atoms with Gasteiger partial charge < -0.3 is 15.7 Å². The molecule has 0 spiro atoms. The molecule has 0 aromatic heterocycles. The average molecular weight is 208 g/mol. The van der Waals surface area contributed by atoms with E-state index in [0.29, 0.717) is 0 Å². The van der Waals surface area contributed by atoms with E-state index >= 15 is 0 Å². The number of nitrogens with zero attached hydrogens (tertiary/aromatic N) is 1. The van der Waals surface area contributed by atoms with Crippen LogP contribution in [-0.2, 0) is 0 Å². The molecular weight excluding hydrogens is 188 g/mol. The lowest BCUT2D eigenvalue weighted by Crippen LogP contribution is -2.35. The zero-order valence-corrected chi connectivity index (χ0v) is 9.70. The standard InChI is InChI=1S/C12H20N2O/c1-4-14(10(3)8-15)11-5-6-12(13)9(2)7-11/h5-7,10,15H,4,8,13H2,1-3H3. The Labute approximate surface area is 91.5 Å². The van der Waals surface area contributed by atoms with Crippen molar-refractivity contribution in [3.05, 3.63) is 23.8 Å². The monoisotopic (exact) mass is 208 g/mol. The molecule has 0 bridgehead atoms. The number of nitrogens with two attached hydrogens (primary N) is 1. The lowest BCUT2D eigenvalue weighted by Gasteiger charge is -2.29. The van der Waals surface area contributed by atoms with Gasteiger partial charge in [-0.2, -0.15) is 0 Å². The summed E-state index contributed by atoms with van der Waals surface area (Å²) < 4.78 is 0. The number of hydrogen-bond donors (Lipinski definition) is 2. The van der Waals surface area contributed by atoms with Crippen molar-refractivity contribution in [2.75, 3.05) is 23.8 Å². The van der Waals surface area contributed by atoms with Gasteiger partial charge in [-0.1, -0.05) is 0 Å². The average Bonchev–Trinajstić information content (AvgIpc) is 2.24. The fourth-order valence-corrected chi connectivity index (χ4v) is 1.69. The Hall–Kier alpha value is -1.22. The second kappa shape index (κ2) is 5.03. The highest BCUT2D eigenvalue weighted by molar-refractivity contribution is 5.58. The molecule has 15 heavy (non-hydrogen) atoms. The van der Waals surface area contributed by atoms with E-state index in [4.69, 9.17) is 10.8 Å². The fraction of sp³-hybridized carbons (Fsp3) is 0.500. The highest BCUT2D eigenvalue weighted by Crippen LogP contribution is 2.21. The van der Waals surface area contributed by atoms with Gasteiger partial charge in [0, 0.05) is 24.0 Å². The SMILES string of the molecule is CCN(c1ccc(N)c(C)c1)C(C)CO. The van der Waals surface area contributed by atoms with Gasteiger partial charge in [0.1, 0.15) is 0 Å². The Kier molecular flexibility index (Phi) is 3.97. The van der Waals surface area contributed by atoms with Crippen LogP contribution in [0.2, 0.25) is 0 Å². The third kappa shape index (κ3) is 2.63. The van der Waals surface area contributed by atoms with E-state index in [1.165, 1.54) is 0 Å². The molecule has 0 radical (unpaired) electrons. The van der Waals surface area contributed by atoms with E-state index in [1.54, 1.807) is 0 Å². The number of rotatable bonds is 4. The number of aryl methyl sites for hydroxylation is 1. The Morgan fingerprint density at radius 3 is 2.60 bits per heavy atom. The second-order valence-corrected chi connectivity index (χ2v) is 3.86. The molecule has 1 aromatic rings. The summed E-state index contributed by atoms with van der Waals surface area (Å²) in [4.78, 5) is 2.16. The lowest BCUT2D eigenvalue weighted by atomic mass is 10.1. The molecule has 3 N–H and O–H groups in total. The molecule has 0 aliphatic heterocycles. The molecule has 3 nitrogen and oxygen atoms in total. The van der Waals surface area contributed by atoms with Gasteiger partial charge in [0.2, 0.25) is 0 Å². The third-order valence-corrected chi connectivity index (χ3v) is 2.72. The Morgan fingerprint density at radius 1 is 1.47 bits per heavy atom. The Bertz CT molecular complexity index is 325. The number of likely N-dealkylation sites (N-methyl/N-ethyl adjacent to an activating group) is 1. The van der Waals surface area contributed by atoms with Gasteiger partial charge in [-0.3, -0.25) is 0 Å². The minimum Gasteiger partial charge on any atom is -0.399 e. The number of benzene rings is 1. The first-order valence-electron chi connectivity index (χ1n) is 5.33. The smallest absolute Gasteiger partial charge is 0.0632 e. The van der Waals surface area contributed by atoms with Gasteiger partial charge in [-0.25, -0.2) is 0 Å². The predicted octanol–water partition coefficient (Wildman–Crippen LogP) is 1.78. The topological polar surface area (TPSA) is 49.5 Å². The van der Waals surface area contributed by atoms with Crippen molar-refractivity contribution in [3.8, 4) is 0 Å². The Balaban J connectivity index is 2.97. The lowest BCUT2D eigenvalue weighted by molar-refractivity contribution is 0.267. The van der Waals surface area contributed by atoms with Crippen LogP contribution in [0.5, 0.6) is 0 Å². The van der Waals surface area contributed by atoms with Crippen molar-refractivity contribution in [2.24, 2.45) is 0 Å². The summed E-state index contributed by atoms with van der Waals surface area (Å²) in [6.45, 7) is 7.13. The summed E-state index contributed by atoms with van der Waals surface area (Å²) in [6, 6.07) is 6.11. The van der Waals surface area contributed by atoms with Crippen LogP contribution in [-0.4, -0.2) is 24.3 Å². The number of anilines is 2. The van der Waals surface area contributed by atoms with Crippen LogP contribution in [0.15, 0.2) is 18.2 Å². The fourth-order valence-electron chi connectivity index (χ4n) is 1.69. The summed E-state index contributed by atoms with van der Waals surface area (Å²) in [6.07, 6.45) is 0. The van der Waals surface area contributed by atoms with E-state index in [-0.39, 0.29) is 12.6 Å². The molecular formula is C12H20N2O. The van der Waals surface area contributed by atoms with Crippen molar-refractivity contribution < 1.29 is 5.11 Å². The second-order valence-electron chi connectivity index (χ2n) is 3.86. The molecule has 0 amide bonds. The molecule has 1 unspecified atom stereocenters. The van der Waals surface area contributed by atoms with E-state index in [2.05, 4.69) is 17.9 Å². The van der Waals surface area contributed by atoms with Crippen LogP contribution in [0.4, 0.5) is 11.4 Å². The van der Waals surface area contributed by atoms with Crippen molar-refractivity contribution in [1.29, 1.82) is 0 Å². The van der Waals surface area contributed by atoms with Crippen molar-refractivity contribution >= 4 is 11.4 Å². The molecule has 0 fully saturated rings. The minimum absolute atomic E-state index is 0.137. The normalized spacial score (nSPS) is 12.5. The number of nitrogen functional groups attached to an aromatic ring is 1. The number of hydrogen-bond acceptors (Lipinski definition) is 3. The highest BCUT2D eigenvalue weighted by atomic mass is 16.3. The van der Waals surface area contributed by atoms with Gasteiger partial charge in [-0.15, -0.1) is 0 Å². The van der Waals surface area contributed by atoms with Gasteiger partial charge in [0.15, 0.2) is 0 Å². The zero-order chi connectivity index (χ0) is 11.4. The molecule has 0 aliphatic rings. The quantitative estimate of drug-likeness (QED) is 0.742. The Morgan fingerprint density at radius 2 is 2.13 bits per heavy atom. The van der Waals surface area contributed by atoms with E-state index in [9.17, 15) is 0 Å². The maximum absolute atomic E-state index is 9.16. The molecule has 0 saturated carbocycles. The van der Waals surface area contributed by atoms with Crippen LogP contribution in [0.3, 0.4) is 0 Å². The summed E-state index contributed by atoms with van der Waals surface area (Å²) in [5.41, 5.74) is 8.78. The van der Waals surface area contributed by atoms with Crippen LogP contribution in [0, 0.1) is 6.92 Å². The van der Waals surface area contributed by atoms with E-state index < -0.39 is 0 Å². The molecule has 0 saturated heterocycles.